The summed E-state index contributed by atoms with van der Waals surface area (Å²) in [4.78, 5) is 0. The zero-order valence-corrected chi connectivity index (χ0v) is 11.9. The average Bonchev–Trinajstić information content (AvgIpc) is 2.38. The van der Waals surface area contributed by atoms with Crippen LogP contribution in [0.25, 0.3) is 0 Å². The summed E-state index contributed by atoms with van der Waals surface area (Å²) in [6.07, 6.45) is 6.01. The fraction of sp³-hybridized carbons (Fsp3) is 0.600. The summed E-state index contributed by atoms with van der Waals surface area (Å²) in [5.41, 5.74) is 1.48. The molecule has 0 saturated carbocycles. The van der Waals surface area contributed by atoms with E-state index in [2.05, 4.69) is 48.8 Å². The lowest BCUT2D eigenvalue weighted by atomic mass is 9.94. The summed E-state index contributed by atoms with van der Waals surface area (Å²) in [7, 11) is 0. The van der Waals surface area contributed by atoms with Gasteiger partial charge in [-0.15, -0.1) is 0 Å². The molecule has 0 aromatic heterocycles. The second-order valence-electron chi connectivity index (χ2n) is 4.45. The molecule has 0 amide bonds. The van der Waals surface area contributed by atoms with Crippen LogP contribution in [0.15, 0.2) is 30.3 Å². The zero-order valence-electron chi connectivity index (χ0n) is 11.1. The van der Waals surface area contributed by atoms with E-state index in [1.54, 1.807) is 0 Å². The summed E-state index contributed by atoms with van der Waals surface area (Å²) >= 11 is 1.95. The Morgan fingerprint density at radius 1 is 1.24 bits per heavy atom. The molecule has 1 nitrogen and oxygen atoms in total. The van der Waals surface area contributed by atoms with Crippen LogP contribution in [-0.4, -0.2) is 25.1 Å². The van der Waals surface area contributed by atoms with Gasteiger partial charge in [0.25, 0.3) is 0 Å². The minimum atomic E-state index is 0.676. The van der Waals surface area contributed by atoms with Crippen molar-refractivity contribution in [2.75, 3.05) is 25.1 Å². The van der Waals surface area contributed by atoms with Gasteiger partial charge in [0.1, 0.15) is 0 Å². The van der Waals surface area contributed by atoms with Gasteiger partial charge in [0.05, 0.1) is 0 Å². The molecule has 0 aliphatic rings. The SMILES string of the molecule is CCCNCC(CCCSC)c1ccccc1. The van der Waals surface area contributed by atoms with Gasteiger partial charge < -0.3 is 5.32 Å². The fourth-order valence-electron chi connectivity index (χ4n) is 2.04. The lowest BCUT2D eigenvalue weighted by molar-refractivity contribution is 0.545. The summed E-state index contributed by atoms with van der Waals surface area (Å²) in [6, 6.07) is 10.9. The summed E-state index contributed by atoms with van der Waals surface area (Å²) < 4.78 is 0. The highest BCUT2D eigenvalue weighted by Crippen LogP contribution is 2.21. The molecule has 1 unspecified atom stereocenters. The molecule has 1 atom stereocenters. The van der Waals surface area contributed by atoms with Gasteiger partial charge in [-0.3, -0.25) is 0 Å². The molecule has 0 saturated heterocycles. The Labute approximate surface area is 110 Å². The Morgan fingerprint density at radius 3 is 2.65 bits per heavy atom. The maximum atomic E-state index is 3.55. The van der Waals surface area contributed by atoms with Crippen molar-refractivity contribution in [2.45, 2.75) is 32.1 Å². The van der Waals surface area contributed by atoms with Gasteiger partial charge >= 0.3 is 0 Å². The lowest BCUT2D eigenvalue weighted by Crippen LogP contribution is -2.22. The van der Waals surface area contributed by atoms with Gasteiger partial charge in [0.15, 0.2) is 0 Å². The largest absolute Gasteiger partial charge is 0.316 e. The van der Waals surface area contributed by atoms with E-state index >= 15 is 0 Å². The molecule has 17 heavy (non-hydrogen) atoms. The third kappa shape index (κ3) is 6.13. The van der Waals surface area contributed by atoms with Crippen LogP contribution in [0, 0.1) is 0 Å². The van der Waals surface area contributed by atoms with Crippen LogP contribution in [0.5, 0.6) is 0 Å². The maximum Gasteiger partial charge on any atom is 0.00201 e. The van der Waals surface area contributed by atoms with Crippen molar-refractivity contribution in [3.63, 3.8) is 0 Å². The first-order chi connectivity index (χ1) is 8.38. The van der Waals surface area contributed by atoms with E-state index in [1.165, 1.54) is 30.6 Å². The summed E-state index contributed by atoms with van der Waals surface area (Å²) in [5.74, 6) is 1.95. The molecule has 1 aromatic rings. The molecule has 0 fully saturated rings. The predicted octanol–water partition coefficient (Wildman–Crippen LogP) is 3.91. The van der Waals surface area contributed by atoms with Crippen LogP contribution in [0.3, 0.4) is 0 Å². The molecule has 0 aliphatic heterocycles. The number of hydrogen-bond acceptors (Lipinski definition) is 2. The predicted molar refractivity (Wildman–Crippen MR) is 80.0 cm³/mol. The van der Waals surface area contributed by atoms with E-state index in [-0.39, 0.29) is 0 Å². The Bertz CT molecular complexity index is 264. The first kappa shape index (κ1) is 14.6. The van der Waals surface area contributed by atoms with E-state index < -0.39 is 0 Å². The van der Waals surface area contributed by atoms with Crippen molar-refractivity contribution in [3.05, 3.63) is 35.9 Å². The van der Waals surface area contributed by atoms with Crippen molar-refractivity contribution >= 4 is 11.8 Å². The average molecular weight is 251 g/mol. The smallest absolute Gasteiger partial charge is 0.00201 e. The van der Waals surface area contributed by atoms with E-state index in [0.717, 1.165) is 13.1 Å². The molecule has 2 heteroatoms. The van der Waals surface area contributed by atoms with E-state index in [0.29, 0.717) is 5.92 Å². The first-order valence-electron chi connectivity index (χ1n) is 6.63. The molecule has 1 rings (SSSR count). The maximum absolute atomic E-state index is 3.55. The van der Waals surface area contributed by atoms with Crippen LogP contribution in [-0.2, 0) is 0 Å². The summed E-state index contributed by atoms with van der Waals surface area (Å²) in [6.45, 7) is 4.47. The van der Waals surface area contributed by atoms with E-state index in [9.17, 15) is 0 Å². The van der Waals surface area contributed by atoms with Gasteiger partial charge in [-0.1, -0.05) is 37.3 Å². The Balaban J connectivity index is 2.46. The second kappa shape index (κ2) is 9.55. The highest BCUT2D eigenvalue weighted by atomic mass is 32.2. The number of thioether (sulfide) groups is 1. The molecule has 1 aromatic carbocycles. The molecule has 0 heterocycles. The van der Waals surface area contributed by atoms with Gasteiger partial charge in [-0.2, -0.15) is 11.8 Å². The zero-order chi connectivity index (χ0) is 12.3. The normalized spacial score (nSPS) is 12.6. The second-order valence-corrected chi connectivity index (χ2v) is 5.43. The van der Waals surface area contributed by atoms with Crippen LogP contribution >= 0.6 is 11.8 Å². The van der Waals surface area contributed by atoms with Crippen molar-refractivity contribution in [2.24, 2.45) is 0 Å². The number of rotatable bonds is 9. The molecular formula is C15H25NS. The molecule has 1 N–H and O–H groups in total. The van der Waals surface area contributed by atoms with E-state index in [4.69, 9.17) is 0 Å². The fourth-order valence-corrected chi connectivity index (χ4v) is 2.49. The van der Waals surface area contributed by atoms with Gasteiger partial charge in [-0.05, 0) is 49.3 Å². The third-order valence-corrected chi connectivity index (χ3v) is 3.69. The molecule has 0 radical (unpaired) electrons. The quantitative estimate of drug-likeness (QED) is 0.668. The Kier molecular flexibility index (Phi) is 8.20. The standard InChI is InChI=1S/C15H25NS/c1-3-11-16-13-15(10-7-12-17-2)14-8-5-4-6-9-14/h4-6,8-9,15-16H,3,7,10-13H2,1-2H3. The number of benzene rings is 1. The summed E-state index contributed by atoms with van der Waals surface area (Å²) in [5, 5.41) is 3.55. The van der Waals surface area contributed by atoms with Crippen molar-refractivity contribution in [1.29, 1.82) is 0 Å². The van der Waals surface area contributed by atoms with Crippen molar-refractivity contribution in [3.8, 4) is 0 Å². The van der Waals surface area contributed by atoms with Crippen molar-refractivity contribution in [1.82, 2.24) is 5.32 Å². The highest BCUT2D eigenvalue weighted by molar-refractivity contribution is 7.98. The third-order valence-electron chi connectivity index (χ3n) is 2.99. The van der Waals surface area contributed by atoms with E-state index in [1.807, 2.05) is 11.8 Å². The highest BCUT2D eigenvalue weighted by Gasteiger charge is 2.10. The van der Waals surface area contributed by atoms with Gasteiger partial charge in [0.2, 0.25) is 0 Å². The van der Waals surface area contributed by atoms with Crippen molar-refractivity contribution < 1.29 is 0 Å². The Morgan fingerprint density at radius 2 is 2.00 bits per heavy atom. The molecule has 0 spiro atoms. The van der Waals surface area contributed by atoms with Crippen LogP contribution in [0.4, 0.5) is 0 Å². The van der Waals surface area contributed by atoms with Crippen LogP contribution < -0.4 is 5.32 Å². The van der Waals surface area contributed by atoms with Crippen LogP contribution in [0.2, 0.25) is 0 Å². The number of hydrogen-bond donors (Lipinski definition) is 1. The minimum absolute atomic E-state index is 0.676. The first-order valence-corrected chi connectivity index (χ1v) is 8.02. The lowest BCUT2D eigenvalue weighted by Gasteiger charge is -2.18. The minimum Gasteiger partial charge on any atom is -0.316 e. The monoisotopic (exact) mass is 251 g/mol. The Hall–Kier alpha value is -0.470. The molecule has 96 valence electrons. The van der Waals surface area contributed by atoms with Gasteiger partial charge in [0, 0.05) is 6.54 Å². The van der Waals surface area contributed by atoms with Crippen LogP contribution in [0.1, 0.15) is 37.7 Å². The molecule has 0 bridgehead atoms. The molecular weight excluding hydrogens is 226 g/mol. The molecule has 0 aliphatic carbocycles. The van der Waals surface area contributed by atoms with Gasteiger partial charge in [-0.25, -0.2) is 0 Å². The topological polar surface area (TPSA) is 12.0 Å². The number of nitrogens with one attached hydrogen (secondary N) is 1.